The summed E-state index contributed by atoms with van der Waals surface area (Å²) in [5.74, 6) is -0.616. The van der Waals surface area contributed by atoms with Crippen LogP contribution in [-0.4, -0.2) is 12.6 Å². The van der Waals surface area contributed by atoms with Crippen LogP contribution in [0.25, 0.3) is 10.1 Å². The molecule has 0 atom stereocenters. The highest BCUT2D eigenvalue weighted by Gasteiger charge is 2.31. The molecule has 0 fully saturated rings. The van der Waals surface area contributed by atoms with Crippen LogP contribution < -0.4 is 5.73 Å². The quantitative estimate of drug-likeness (QED) is 0.858. The van der Waals surface area contributed by atoms with Crippen molar-refractivity contribution in [1.82, 2.24) is 0 Å². The van der Waals surface area contributed by atoms with Crippen LogP contribution in [0.5, 0.6) is 0 Å². The van der Waals surface area contributed by atoms with Crippen LogP contribution in [0, 0.1) is 0 Å². The van der Waals surface area contributed by atoms with E-state index in [4.69, 9.17) is 10.5 Å². The monoisotopic (exact) mass is 289 g/mol. The number of rotatable bonds is 2. The van der Waals surface area contributed by atoms with Crippen molar-refractivity contribution in [3.8, 4) is 0 Å². The molecule has 0 aliphatic rings. The minimum atomic E-state index is -4.42. The van der Waals surface area contributed by atoms with Crippen LogP contribution in [0.2, 0.25) is 0 Å². The van der Waals surface area contributed by atoms with E-state index in [0.717, 1.165) is 23.5 Å². The number of carbonyl (C=O) groups is 1. The number of ether oxygens (including phenoxy) is 1. The molecule has 1 aromatic heterocycles. The highest BCUT2D eigenvalue weighted by Crippen LogP contribution is 2.38. The van der Waals surface area contributed by atoms with E-state index < -0.39 is 17.7 Å². The van der Waals surface area contributed by atoms with Gasteiger partial charge in [-0.2, -0.15) is 13.2 Å². The van der Waals surface area contributed by atoms with Crippen LogP contribution in [0.3, 0.4) is 0 Å². The molecule has 0 amide bonds. The smallest absolute Gasteiger partial charge is 0.416 e. The summed E-state index contributed by atoms with van der Waals surface area (Å²) < 4.78 is 42.9. The zero-order valence-electron chi connectivity index (χ0n) is 9.88. The summed E-state index contributed by atoms with van der Waals surface area (Å²) in [6.07, 6.45) is -4.42. The Morgan fingerprint density at radius 2 is 2.11 bits per heavy atom. The lowest BCUT2D eigenvalue weighted by atomic mass is 10.1. The first-order valence-corrected chi connectivity index (χ1v) is 6.22. The first kappa shape index (κ1) is 13.7. The van der Waals surface area contributed by atoms with Crippen LogP contribution in [-0.2, 0) is 10.9 Å². The minimum absolute atomic E-state index is 0.135. The van der Waals surface area contributed by atoms with Gasteiger partial charge in [-0.3, -0.25) is 0 Å². The Morgan fingerprint density at radius 3 is 2.68 bits per heavy atom. The molecule has 1 heterocycles. The molecule has 3 nitrogen and oxygen atoms in total. The van der Waals surface area contributed by atoms with Gasteiger partial charge in [-0.1, -0.05) is 6.07 Å². The topological polar surface area (TPSA) is 52.3 Å². The normalized spacial score (nSPS) is 11.8. The number of alkyl halides is 3. The Labute approximate surface area is 110 Å². The Kier molecular flexibility index (Phi) is 3.40. The van der Waals surface area contributed by atoms with Crippen LogP contribution in [0.15, 0.2) is 18.2 Å². The fourth-order valence-corrected chi connectivity index (χ4v) is 2.70. The molecule has 0 radical (unpaired) electrons. The van der Waals surface area contributed by atoms with Gasteiger partial charge in [0.25, 0.3) is 0 Å². The van der Waals surface area contributed by atoms with Gasteiger partial charge in [0.05, 0.1) is 17.9 Å². The van der Waals surface area contributed by atoms with Crippen molar-refractivity contribution in [2.75, 3.05) is 12.3 Å². The minimum Gasteiger partial charge on any atom is -0.462 e. The number of hydrogen-bond acceptors (Lipinski definition) is 4. The van der Waals surface area contributed by atoms with Crippen LogP contribution >= 0.6 is 11.3 Å². The van der Waals surface area contributed by atoms with Gasteiger partial charge in [0.1, 0.15) is 4.88 Å². The summed E-state index contributed by atoms with van der Waals surface area (Å²) in [5.41, 5.74) is 5.15. The third-order valence-corrected chi connectivity index (χ3v) is 3.66. The molecule has 7 heteroatoms. The van der Waals surface area contributed by atoms with E-state index in [1.54, 1.807) is 6.92 Å². The maximum Gasteiger partial charge on any atom is 0.416 e. The molecule has 1 aromatic carbocycles. The highest BCUT2D eigenvalue weighted by atomic mass is 32.1. The van der Waals surface area contributed by atoms with Crippen molar-refractivity contribution >= 4 is 33.1 Å². The molecule has 0 spiro atoms. The first-order chi connectivity index (χ1) is 8.84. The molecular formula is C12H10F3NO2S. The van der Waals surface area contributed by atoms with Crippen molar-refractivity contribution in [2.24, 2.45) is 0 Å². The fourth-order valence-electron chi connectivity index (χ4n) is 1.64. The van der Waals surface area contributed by atoms with Gasteiger partial charge in [-0.15, -0.1) is 11.3 Å². The number of carbonyl (C=O) groups excluding carboxylic acids is 1. The maximum absolute atomic E-state index is 12.6. The molecule has 0 unspecified atom stereocenters. The first-order valence-electron chi connectivity index (χ1n) is 5.41. The van der Waals surface area contributed by atoms with Crippen molar-refractivity contribution in [1.29, 1.82) is 0 Å². The third-order valence-electron chi connectivity index (χ3n) is 2.52. The van der Waals surface area contributed by atoms with Crippen molar-refractivity contribution in [3.63, 3.8) is 0 Å². The lowest BCUT2D eigenvalue weighted by molar-refractivity contribution is -0.137. The second-order valence-corrected chi connectivity index (χ2v) is 4.83. The number of halogens is 3. The van der Waals surface area contributed by atoms with Gasteiger partial charge in [-0.05, 0) is 19.1 Å². The molecule has 102 valence electrons. The molecule has 0 bridgehead atoms. The average molecular weight is 289 g/mol. The van der Waals surface area contributed by atoms with E-state index >= 15 is 0 Å². The molecule has 0 aliphatic carbocycles. The van der Waals surface area contributed by atoms with Gasteiger partial charge in [0.15, 0.2) is 0 Å². The molecule has 0 aliphatic heterocycles. The zero-order chi connectivity index (χ0) is 14.2. The van der Waals surface area contributed by atoms with E-state index in [9.17, 15) is 18.0 Å². The van der Waals surface area contributed by atoms with Gasteiger partial charge in [0, 0.05) is 10.1 Å². The summed E-state index contributed by atoms with van der Waals surface area (Å²) in [6.45, 7) is 1.82. The number of nitrogens with two attached hydrogens (primary N) is 1. The van der Waals surface area contributed by atoms with Crippen LogP contribution in [0.1, 0.15) is 22.2 Å². The van der Waals surface area contributed by atoms with E-state index in [1.807, 2.05) is 0 Å². The second-order valence-electron chi connectivity index (χ2n) is 3.77. The summed E-state index contributed by atoms with van der Waals surface area (Å²) in [7, 11) is 0. The maximum atomic E-state index is 12.6. The van der Waals surface area contributed by atoms with E-state index in [1.165, 1.54) is 6.07 Å². The van der Waals surface area contributed by atoms with E-state index in [2.05, 4.69) is 0 Å². The fraction of sp³-hybridized carbons (Fsp3) is 0.250. The summed E-state index contributed by atoms with van der Waals surface area (Å²) in [4.78, 5) is 11.7. The Hall–Kier alpha value is -1.76. The highest BCUT2D eigenvalue weighted by molar-refractivity contribution is 7.21. The predicted octanol–water partition coefficient (Wildman–Crippen LogP) is 3.68. The Morgan fingerprint density at radius 1 is 1.42 bits per heavy atom. The lowest BCUT2D eigenvalue weighted by Gasteiger charge is -2.05. The van der Waals surface area contributed by atoms with E-state index in [-0.39, 0.29) is 17.2 Å². The number of thiophene rings is 1. The molecule has 0 saturated heterocycles. The Bertz CT molecular complexity index is 634. The van der Waals surface area contributed by atoms with Crippen LogP contribution in [0.4, 0.5) is 18.9 Å². The van der Waals surface area contributed by atoms with Crippen molar-refractivity contribution < 1.29 is 22.7 Å². The molecule has 2 aromatic rings. The number of nitrogen functional groups attached to an aromatic ring is 1. The third kappa shape index (κ3) is 2.51. The lowest BCUT2D eigenvalue weighted by Crippen LogP contribution is -2.04. The van der Waals surface area contributed by atoms with Crippen molar-refractivity contribution in [2.45, 2.75) is 13.1 Å². The number of esters is 1. The van der Waals surface area contributed by atoms with Gasteiger partial charge in [-0.25, -0.2) is 4.79 Å². The summed E-state index contributed by atoms with van der Waals surface area (Å²) in [5, 5.41) is 0.432. The van der Waals surface area contributed by atoms with Crippen molar-refractivity contribution in [3.05, 3.63) is 28.6 Å². The second kappa shape index (κ2) is 4.73. The average Bonchev–Trinajstić information content (AvgIpc) is 2.66. The predicted molar refractivity (Wildman–Crippen MR) is 67.2 cm³/mol. The van der Waals surface area contributed by atoms with E-state index in [0.29, 0.717) is 10.1 Å². The van der Waals surface area contributed by atoms with Gasteiger partial charge in [0.2, 0.25) is 0 Å². The number of anilines is 1. The Balaban J connectivity index is 2.54. The largest absolute Gasteiger partial charge is 0.462 e. The molecule has 19 heavy (non-hydrogen) atoms. The SMILES string of the molecule is CCOC(=O)c1sc2cc(C(F)(F)F)ccc2c1N. The van der Waals surface area contributed by atoms with Gasteiger partial charge >= 0.3 is 12.1 Å². The molecule has 0 saturated carbocycles. The zero-order valence-corrected chi connectivity index (χ0v) is 10.7. The molecular weight excluding hydrogens is 279 g/mol. The number of hydrogen-bond donors (Lipinski definition) is 1. The molecule has 2 N–H and O–H groups in total. The van der Waals surface area contributed by atoms with Gasteiger partial charge < -0.3 is 10.5 Å². The number of fused-ring (bicyclic) bond motifs is 1. The molecule has 2 rings (SSSR count). The number of benzene rings is 1. The standard InChI is InChI=1S/C12H10F3NO2S/c1-2-18-11(17)10-9(16)7-4-3-6(12(13,14)15)5-8(7)19-10/h3-5H,2,16H2,1H3. The summed E-state index contributed by atoms with van der Waals surface area (Å²) >= 11 is 0.903. The summed E-state index contributed by atoms with van der Waals surface area (Å²) in [6, 6.07) is 3.20.